The molecule has 0 aliphatic rings. The van der Waals surface area contributed by atoms with Gasteiger partial charge in [0.15, 0.2) is 0 Å². The van der Waals surface area contributed by atoms with Crippen molar-refractivity contribution in [3.63, 3.8) is 0 Å². The highest BCUT2D eigenvalue weighted by Gasteiger charge is 2.01. The van der Waals surface area contributed by atoms with Crippen LogP contribution in [0, 0.1) is 0 Å². The molecule has 0 amide bonds. The minimum absolute atomic E-state index is 0.347. The Labute approximate surface area is 96.9 Å². The molecule has 17 heavy (non-hydrogen) atoms. The van der Waals surface area contributed by atoms with Crippen LogP contribution in [0.5, 0.6) is 0 Å². The van der Waals surface area contributed by atoms with E-state index in [4.69, 9.17) is 4.42 Å². The number of aldehydes is 1. The van der Waals surface area contributed by atoms with Gasteiger partial charge in [0.05, 0.1) is 5.56 Å². The third-order valence-corrected chi connectivity index (χ3v) is 2.13. The Morgan fingerprint density at radius 1 is 1.24 bits per heavy atom. The molecule has 4 heteroatoms. The normalized spacial score (nSPS) is 11.5. The first-order valence-corrected chi connectivity index (χ1v) is 4.97. The Morgan fingerprint density at radius 2 is 2.06 bits per heavy atom. The van der Waals surface area contributed by atoms with Gasteiger partial charge in [0, 0.05) is 17.8 Å². The molecule has 1 aromatic carbocycles. The van der Waals surface area contributed by atoms with E-state index in [-0.39, 0.29) is 0 Å². The molecule has 2 aromatic rings. The van der Waals surface area contributed by atoms with E-state index in [0.29, 0.717) is 17.4 Å². The zero-order valence-electron chi connectivity index (χ0n) is 8.87. The van der Waals surface area contributed by atoms with E-state index < -0.39 is 5.63 Å². The lowest BCUT2D eigenvalue weighted by Gasteiger charge is -1.96. The molecular weight excluding hydrogens is 218 g/mol. The van der Waals surface area contributed by atoms with Gasteiger partial charge in [0.2, 0.25) is 0 Å². The van der Waals surface area contributed by atoms with Crippen LogP contribution in [0.2, 0.25) is 0 Å². The molecule has 84 valence electrons. The minimum atomic E-state index is -0.452. The molecule has 0 bridgehead atoms. The average Bonchev–Trinajstić information content (AvgIpc) is 2.35. The highest BCUT2D eigenvalue weighted by atomic mass is 16.4. The molecule has 0 spiro atoms. The number of benzene rings is 1. The Kier molecular flexibility index (Phi) is 3.25. The summed E-state index contributed by atoms with van der Waals surface area (Å²) < 4.78 is 5.11. The number of nitrogens with zero attached hydrogens (tertiary/aromatic N) is 1. The predicted octanol–water partition coefficient (Wildman–Crippen LogP) is 1.92. The van der Waals surface area contributed by atoms with E-state index >= 15 is 0 Å². The largest absolute Gasteiger partial charge is 0.422 e. The fourth-order valence-corrected chi connectivity index (χ4v) is 1.38. The monoisotopic (exact) mass is 227 g/mol. The molecule has 1 aromatic heterocycles. The Morgan fingerprint density at radius 3 is 2.88 bits per heavy atom. The van der Waals surface area contributed by atoms with Gasteiger partial charge < -0.3 is 4.42 Å². The van der Waals surface area contributed by atoms with Crippen LogP contribution in [0.15, 0.2) is 56.8 Å². The van der Waals surface area contributed by atoms with Crippen molar-refractivity contribution in [3.8, 4) is 0 Å². The second-order valence-corrected chi connectivity index (χ2v) is 3.28. The van der Waals surface area contributed by atoms with Crippen LogP contribution in [-0.2, 0) is 4.79 Å². The van der Waals surface area contributed by atoms with E-state index in [1.165, 1.54) is 18.5 Å². The molecule has 0 saturated heterocycles. The van der Waals surface area contributed by atoms with Gasteiger partial charge in [-0.1, -0.05) is 18.2 Å². The number of hydrogen-bond acceptors (Lipinski definition) is 4. The van der Waals surface area contributed by atoms with Crippen LogP contribution in [0.1, 0.15) is 5.56 Å². The summed E-state index contributed by atoms with van der Waals surface area (Å²) in [6.07, 6.45) is 4.51. The molecule has 0 radical (unpaired) electrons. The van der Waals surface area contributed by atoms with Crippen LogP contribution >= 0.6 is 0 Å². The van der Waals surface area contributed by atoms with Crippen molar-refractivity contribution in [2.45, 2.75) is 0 Å². The van der Waals surface area contributed by atoms with Crippen molar-refractivity contribution in [2.75, 3.05) is 0 Å². The maximum atomic E-state index is 11.5. The number of allylic oxidation sites excluding steroid dienone is 1. The zero-order valence-corrected chi connectivity index (χ0v) is 8.87. The van der Waals surface area contributed by atoms with Gasteiger partial charge in [-0.05, 0) is 18.2 Å². The van der Waals surface area contributed by atoms with Crippen LogP contribution in [0.3, 0.4) is 0 Å². The van der Waals surface area contributed by atoms with Crippen molar-refractivity contribution in [1.29, 1.82) is 0 Å². The van der Waals surface area contributed by atoms with Gasteiger partial charge in [-0.3, -0.25) is 9.79 Å². The zero-order chi connectivity index (χ0) is 12.1. The Bertz CT molecular complexity index is 653. The van der Waals surface area contributed by atoms with E-state index in [1.807, 2.05) is 12.1 Å². The molecule has 2 rings (SSSR count). The fourth-order valence-electron chi connectivity index (χ4n) is 1.38. The highest BCUT2D eigenvalue weighted by molar-refractivity contribution is 5.86. The average molecular weight is 227 g/mol. The second kappa shape index (κ2) is 5.03. The van der Waals surface area contributed by atoms with Crippen LogP contribution in [0.4, 0.5) is 0 Å². The summed E-state index contributed by atoms with van der Waals surface area (Å²) in [6, 6.07) is 8.92. The molecule has 0 N–H and O–H groups in total. The second-order valence-electron chi connectivity index (χ2n) is 3.28. The highest BCUT2D eigenvalue weighted by Crippen LogP contribution is 2.11. The standard InChI is InChI=1S/C13H9NO3/c15-7-3-6-14-9-11-8-10-4-1-2-5-12(10)17-13(11)16/h1-9H/b6-3+,14-9?. The van der Waals surface area contributed by atoms with E-state index in [1.54, 1.807) is 18.2 Å². The van der Waals surface area contributed by atoms with Crippen LogP contribution in [0.25, 0.3) is 11.0 Å². The third kappa shape index (κ3) is 2.55. The fraction of sp³-hybridized carbons (Fsp3) is 0. The Hall–Kier alpha value is -2.49. The molecule has 0 aliphatic carbocycles. The number of aliphatic imine (C=N–C) groups is 1. The number of rotatable bonds is 3. The smallest absolute Gasteiger partial charge is 0.345 e. The maximum absolute atomic E-state index is 11.5. The SMILES string of the molecule is O=C/C=C/N=Cc1cc2ccccc2oc1=O. The molecular formula is C13H9NO3. The van der Waals surface area contributed by atoms with E-state index in [0.717, 1.165) is 5.39 Å². The predicted molar refractivity (Wildman–Crippen MR) is 65.3 cm³/mol. The van der Waals surface area contributed by atoms with Crippen LogP contribution in [-0.4, -0.2) is 12.5 Å². The van der Waals surface area contributed by atoms with Crippen molar-refractivity contribution < 1.29 is 9.21 Å². The van der Waals surface area contributed by atoms with E-state index in [9.17, 15) is 9.59 Å². The molecule has 0 atom stereocenters. The van der Waals surface area contributed by atoms with Gasteiger partial charge in [0.1, 0.15) is 11.9 Å². The summed E-state index contributed by atoms with van der Waals surface area (Å²) in [7, 11) is 0. The number of para-hydroxylation sites is 1. The summed E-state index contributed by atoms with van der Waals surface area (Å²) in [5.74, 6) is 0. The van der Waals surface area contributed by atoms with Crippen molar-refractivity contribution in [3.05, 3.63) is 58.6 Å². The lowest BCUT2D eigenvalue weighted by atomic mass is 10.2. The third-order valence-electron chi connectivity index (χ3n) is 2.13. The minimum Gasteiger partial charge on any atom is -0.422 e. The number of carbonyl (C=O) groups excluding carboxylic acids is 1. The van der Waals surface area contributed by atoms with E-state index in [2.05, 4.69) is 4.99 Å². The molecule has 0 aliphatic heterocycles. The van der Waals surface area contributed by atoms with Gasteiger partial charge in [-0.2, -0.15) is 0 Å². The van der Waals surface area contributed by atoms with Crippen molar-refractivity contribution in [2.24, 2.45) is 4.99 Å². The molecule has 4 nitrogen and oxygen atoms in total. The van der Waals surface area contributed by atoms with Gasteiger partial charge >= 0.3 is 5.63 Å². The number of carbonyl (C=O) groups is 1. The quantitative estimate of drug-likeness (QED) is 0.348. The molecule has 1 heterocycles. The first kappa shape index (κ1) is 11.0. The summed E-state index contributed by atoms with van der Waals surface area (Å²) in [4.78, 5) is 25.4. The number of hydrogen-bond donors (Lipinski definition) is 0. The van der Waals surface area contributed by atoms with Gasteiger partial charge in [-0.25, -0.2) is 4.79 Å². The number of fused-ring (bicyclic) bond motifs is 1. The lowest BCUT2D eigenvalue weighted by molar-refractivity contribution is -0.104. The van der Waals surface area contributed by atoms with Crippen LogP contribution < -0.4 is 5.63 Å². The first-order chi connectivity index (χ1) is 8.31. The summed E-state index contributed by atoms with van der Waals surface area (Å²) >= 11 is 0. The first-order valence-electron chi connectivity index (χ1n) is 4.97. The van der Waals surface area contributed by atoms with Crippen molar-refractivity contribution in [1.82, 2.24) is 0 Å². The topological polar surface area (TPSA) is 59.6 Å². The van der Waals surface area contributed by atoms with Gasteiger partial charge in [0.25, 0.3) is 0 Å². The van der Waals surface area contributed by atoms with Gasteiger partial charge in [-0.15, -0.1) is 0 Å². The molecule has 0 fully saturated rings. The molecule has 0 unspecified atom stereocenters. The summed E-state index contributed by atoms with van der Waals surface area (Å²) in [5, 5.41) is 0.827. The Balaban J connectivity index is 2.44. The summed E-state index contributed by atoms with van der Waals surface area (Å²) in [6.45, 7) is 0. The summed E-state index contributed by atoms with van der Waals surface area (Å²) in [5.41, 5.74) is 0.435. The maximum Gasteiger partial charge on any atom is 0.345 e. The lowest BCUT2D eigenvalue weighted by Crippen LogP contribution is -2.05. The molecule has 0 saturated carbocycles. The van der Waals surface area contributed by atoms with Crippen molar-refractivity contribution >= 4 is 23.5 Å².